The van der Waals surface area contributed by atoms with E-state index in [0.717, 1.165) is 23.1 Å². The summed E-state index contributed by atoms with van der Waals surface area (Å²) < 4.78 is 40.5. The Balaban J connectivity index is 1.74. The lowest BCUT2D eigenvalue weighted by Crippen LogP contribution is -2.25. The lowest BCUT2D eigenvalue weighted by Gasteiger charge is -2.07. The van der Waals surface area contributed by atoms with Crippen molar-refractivity contribution < 1.29 is 27.9 Å². The van der Waals surface area contributed by atoms with E-state index in [0.29, 0.717) is 15.1 Å². The molecule has 0 radical (unpaired) electrons. The third-order valence-corrected chi connectivity index (χ3v) is 5.71. The first-order valence-corrected chi connectivity index (χ1v) is 9.88. The Labute approximate surface area is 170 Å². The number of alkyl halides is 3. The summed E-state index contributed by atoms with van der Waals surface area (Å²) >= 11 is 2.03. The molecular formula is C16H14F3N5O3S2. The molecule has 0 saturated carbocycles. The molecule has 13 heteroatoms. The zero-order valence-corrected chi connectivity index (χ0v) is 16.5. The smallest absolute Gasteiger partial charge is 0.387 e. The van der Waals surface area contributed by atoms with Crippen LogP contribution < -0.4 is 5.32 Å². The third-order valence-electron chi connectivity index (χ3n) is 3.59. The normalized spacial score (nSPS) is 11.8. The van der Waals surface area contributed by atoms with Gasteiger partial charge in [-0.15, -0.1) is 11.3 Å². The molecule has 0 spiro atoms. The minimum absolute atomic E-state index is 0.0239. The van der Waals surface area contributed by atoms with Gasteiger partial charge in [-0.05, 0) is 12.1 Å². The SMILES string of the molecule is Cn1cc2c(SCC(=O)c3ccc(CNC(=O)CO)s3)nc(C(F)(F)F)nc2n1. The first kappa shape index (κ1) is 21.2. The molecule has 3 aromatic rings. The minimum Gasteiger partial charge on any atom is -0.387 e. The fourth-order valence-corrected chi connectivity index (χ4v) is 4.15. The number of rotatable bonds is 7. The number of aromatic nitrogens is 4. The number of ketones is 1. The lowest BCUT2D eigenvalue weighted by molar-refractivity contribution is -0.145. The van der Waals surface area contributed by atoms with Crippen molar-refractivity contribution in [1.82, 2.24) is 25.1 Å². The van der Waals surface area contributed by atoms with E-state index in [4.69, 9.17) is 5.11 Å². The molecule has 0 unspecified atom stereocenters. The highest BCUT2D eigenvalue weighted by atomic mass is 32.2. The fraction of sp³-hybridized carbons (Fsp3) is 0.312. The molecule has 3 heterocycles. The number of hydrogen-bond donors (Lipinski definition) is 2. The standard InChI is InChI=1S/C16H14F3N5O3S2/c1-24-5-9-13(23-24)21-15(16(17,18)19)22-14(9)28-7-10(26)11-3-2-8(29-11)4-20-12(27)6-25/h2-3,5,25H,4,6-7H2,1H3,(H,20,27). The number of aliphatic hydroxyl groups is 1. The summed E-state index contributed by atoms with van der Waals surface area (Å²) in [4.78, 5) is 31.6. The van der Waals surface area contributed by atoms with E-state index in [1.807, 2.05) is 0 Å². The van der Waals surface area contributed by atoms with Gasteiger partial charge in [-0.2, -0.15) is 18.3 Å². The number of amides is 1. The van der Waals surface area contributed by atoms with Crippen molar-refractivity contribution in [3.05, 3.63) is 33.9 Å². The number of carbonyl (C=O) groups is 2. The fourth-order valence-electron chi connectivity index (χ4n) is 2.30. The minimum atomic E-state index is -4.73. The van der Waals surface area contributed by atoms with Crippen molar-refractivity contribution in [2.24, 2.45) is 7.05 Å². The second-order valence-electron chi connectivity index (χ2n) is 5.80. The van der Waals surface area contributed by atoms with Crippen LogP contribution in [0.25, 0.3) is 11.0 Å². The molecule has 0 atom stereocenters. The van der Waals surface area contributed by atoms with Gasteiger partial charge in [-0.25, -0.2) is 9.97 Å². The average Bonchev–Trinajstić information content (AvgIpc) is 3.28. The maximum Gasteiger partial charge on any atom is 0.451 e. The van der Waals surface area contributed by atoms with E-state index >= 15 is 0 Å². The van der Waals surface area contributed by atoms with Crippen LogP contribution in [-0.4, -0.2) is 48.9 Å². The quantitative estimate of drug-likeness (QED) is 0.325. The molecular weight excluding hydrogens is 431 g/mol. The van der Waals surface area contributed by atoms with Crippen molar-refractivity contribution in [3.63, 3.8) is 0 Å². The molecule has 3 rings (SSSR count). The summed E-state index contributed by atoms with van der Waals surface area (Å²) in [5.41, 5.74) is -0.0946. The van der Waals surface area contributed by atoms with Crippen molar-refractivity contribution in [1.29, 1.82) is 0 Å². The number of aryl methyl sites for hydroxylation is 1. The lowest BCUT2D eigenvalue weighted by atomic mass is 10.3. The summed E-state index contributed by atoms with van der Waals surface area (Å²) in [7, 11) is 1.55. The highest BCUT2D eigenvalue weighted by Gasteiger charge is 2.36. The number of nitrogens with zero attached hydrogens (tertiary/aromatic N) is 4. The van der Waals surface area contributed by atoms with E-state index in [-0.39, 0.29) is 28.8 Å². The van der Waals surface area contributed by atoms with E-state index < -0.39 is 24.5 Å². The molecule has 0 aliphatic heterocycles. The van der Waals surface area contributed by atoms with Gasteiger partial charge < -0.3 is 10.4 Å². The molecule has 0 saturated heterocycles. The van der Waals surface area contributed by atoms with Gasteiger partial charge in [0, 0.05) is 18.1 Å². The number of aliphatic hydroxyl groups excluding tert-OH is 1. The highest BCUT2D eigenvalue weighted by molar-refractivity contribution is 8.00. The van der Waals surface area contributed by atoms with E-state index in [1.54, 1.807) is 19.2 Å². The summed E-state index contributed by atoms with van der Waals surface area (Å²) in [6, 6.07) is 3.24. The predicted molar refractivity (Wildman–Crippen MR) is 99.6 cm³/mol. The van der Waals surface area contributed by atoms with E-state index in [2.05, 4.69) is 20.4 Å². The highest BCUT2D eigenvalue weighted by Crippen LogP contribution is 2.32. The van der Waals surface area contributed by atoms with Gasteiger partial charge >= 0.3 is 6.18 Å². The van der Waals surface area contributed by atoms with E-state index in [1.165, 1.54) is 10.9 Å². The van der Waals surface area contributed by atoms with Gasteiger partial charge in [-0.1, -0.05) is 11.8 Å². The number of Topliss-reactive ketones (excluding diaryl/α,β-unsaturated/α-hetero) is 1. The maximum absolute atomic E-state index is 13.0. The Morgan fingerprint density at radius 3 is 2.76 bits per heavy atom. The van der Waals surface area contributed by atoms with Crippen molar-refractivity contribution in [3.8, 4) is 0 Å². The zero-order chi connectivity index (χ0) is 21.2. The number of thioether (sulfide) groups is 1. The van der Waals surface area contributed by atoms with Gasteiger partial charge in [0.1, 0.15) is 11.6 Å². The summed E-state index contributed by atoms with van der Waals surface area (Å²) in [5, 5.41) is 15.4. The average molecular weight is 445 g/mol. The van der Waals surface area contributed by atoms with Crippen LogP contribution in [0.3, 0.4) is 0 Å². The monoisotopic (exact) mass is 445 g/mol. The van der Waals surface area contributed by atoms with Crippen LogP contribution in [0.15, 0.2) is 23.4 Å². The molecule has 8 nitrogen and oxygen atoms in total. The molecule has 0 aliphatic carbocycles. The Hall–Kier alpha value is -2.51. The number of fused-ring (bicyclic) bond motifs is 1. The maximum atomic E-state index is 13.0. The number of thiophene rings is 1. The van der Waals surface area contributed by atoms with E-state index in [9.17, 15) is 22.8 Å². The summed E-state index contributed by atoms with van der Waals surface area (Å²) in [5.74, 6) is -2.26. The van der Waals surface area contributed by atoms with Gasteiger partial charge in [0.25, 0.3) is 0 Å². The van der Waals surface area contributed by atoms with Gasteiger partial charge in [0.05, 0.1) is 22.6 Å². The molecule has 29 heavy (non-hydrogen) atoms. The summed E-state index contributed by atoms with van der Waals surface area (Å²) in [6.07, 6.45) is -3.23. The molecule has 0 aromatic carbocycles. The Bertz CT molecular complexity index is 1060. The van der Waals surface area contributed by atoms with Crippen molar-refractivity contribution in [2.45, 2.75) is 17.7 Å². The number of hydrogen-bond acceptors (Lipinski definition) is 8. The van der Waals surface area contributed by atoms with Crippen LogP contribution >= 0.6 is 23.1 Å². The number of nitrogens with one attached hydrogen (secondary N) is 1. The number of carbonyl (C=O) groups excluding carboxylic acids is 2. The molecule has 0 fully saturated rings. The Morgan fingerprint density at radius 2 is 2.07 bits per heavy atom. The predicted octanol–water partition coefficient (Wildman–Crippen LogP) is 2.03. The van der Waals surface area contributed by atoms with Crippen LogP contribution in [0.4, 0.5) is 13.2 Å². The Kier molecular flexibility index (Phi) is 6.19. The first-order chi connectivity index (χ1) is 13.7. The second-order valence-corrected chi connectivity index (χ2v) is 7.94. The molecule has 0 aliphatic rings. The van der Waals surface area contributed by atoms with Crippen molar-refractivity contribution in [2.75, 3.05) is 12.4 Å². The molecule has 3 aromatic heterocycles. The molecule has 154 valence electrons. The molecule has 0 bridgehead atoms. The van der Waals surface area contributed by atoms with Crippen LogP contribution in [0.1, 0.15) is 20.4 Å². The zero-order valence-electron chi connectivity index (χ0n) is 14.9. The molecule has 1 amide bonds. The number of halogens is 3. The molecule has 2 N–H and O–H groups in total. The first-order valence-electron chi connectivity index (χ1n) is 8.08. The topological polar surface area (TPSA) is 110 Å². The van der Waals surface area contributed by atoms with Crippen LogP contribution in [-0.2, 0) is 24.6 Å². The van der Waals surface area contributed by atoms with Crippen LogP contribution in [0.2, 0.25) is 0 Å². The van der Waals surface area contributed by atoms with Gasteiger partial charge in [-0.3, -0.25) is 14.3 Å². The van der Waals surface area contributed by atoms with Crippen molar-refractivity contribution >= 4 is 45.8 Å². The largest absolute Gasteiger partial charge is 0.451 e. The Morgan fingerprint density at radius 1 is 1.31 bits per heavy atom. The van der Waals surface area contributed by atoms with Crippen LogP contribution in [0, 0.1) is 0 Å². The van der Waals surface area contributed by atoms with Gasteiger partial charge in [0.2, 0.25) is 11.7 Å². The van der Waals surface area contributed by atoms with Gasteiger partial charge in [0.15, 0.2) is 11.4 Å². The second kappa shape index (κ2) is 8.47. The summed E-state index contributed by atoms with van der Waals surface area (Å²) in [6.45, 7) is -0.461. The third kappa shape index (κ3) is 5.10. The van der Waals surface area contributed by atoms with Crippen LogP contribution in [0.5, 0.6) is 0 Å².